The Morgan fingerprint density at radius 1 is 1.20 bits per heavy atom. The number of anilines is 1. The number of amides is 1. The minimum atomic E-state index is -0.721. The van der Waals surface area contributed by atoms with Gasteiger partial charge in [-0.05, 0) is 24.3 Å². The van der Waals surface area contributed by atoms with Gasteiger partial charge >= 0.3 is 0 Å². The number of pyridine rings is 1. The molecule has 3 N–H and O–H groups in total. The molecule has 0 atom stereocenters. The van der Waals surface area contributed by atoms with E-state index < -0.39 is 17.5 Å². The van der Waals surface area contributed by atoms with Gasteiger partial charge in [0.1, 0.15) is 11.6 Å². The predicted octanol–water partition coefficient (Wildman–Crippen LogP) is 2.06. The van der Waals surface area contributed by atoms with Crippen molar-refractivity contribution in [1.29, 1.82) is 0 Å². The molecule has 0 aliphatic rings. The summed E-state index contributed by atoms with van der Waals surface area (Å²) in [4.78, 5) is 15.8. The highest BCUT2D eigenvalue weighted by molar-refractivity contribution is 7.99. The van der Waals surface area contributed by atoms with Gasteiger partial charge in [0.15, 0.2) is 5.82 Å². The number of nitrogens with zero attached hydrogens (tertiary/aromatic N) is 4. The molecule has 2 heterocycles. The first kappa shape index (κ1) is 16.8. The zero-order valence-corrected chi connectivity index (χ0v) is 13.5. The van der Waals surface area contributed by atoms with Crippen LogP contribution in [0, 0.1) is 11.6 Å². The number of thioether (sulfide) groups is 1. The van der Waals surface area contributed by atoms with Crippen LogP contribution < -0.4 is 11.2 Å². The summed E-state index contributed by atoms with van der Waals surface area (Å²) in [5.41, 5.74) is 0.500. The lowest BCUT2D eigenvalue weighted by molar-refractivity contribution is -0.113. The second-order valence-corrected chi connectivity index (χ2v) is 5.82. The van der Waals surface area contributed by atoms with Crippen molar-refractivity contribution in [2.75, 3.05) is 16.9 Å². The van der Waals surface area contributed by atoms with E-state index in [1.54, 1.807) is 24.5 Å². The van der Waals surface area contributed by atoms with Gasteiger partial charge in [0, 0.05) is 24.0 Å². The first-order valence-corrected chi connectivity index (χ1v) is 8.02. The maximum atomic E-state index is 13.5. The predicted molar refractivity (Wildman–Crippen MR) is 89.1 cm³/mol. The minimum absolute atomic E-state index is 0.0956. The summed E-state index contributed by atoms with van der Waals surface area (Å²) < 4.78 is 27.9. The molecular formula is C15H12F2N6OS. The largest absolute Gasteiger partial charge is 0.335 e. The highest BCUT2D eigenvalue weighted by atomic mass is 32.2. The molecule has 0 radical (unpaired) electrons. The fourth-order valence-electron chi connectivity index (χ4n) is 1.98. The summed E-state index contributed by atoms with van der Waals surface area (Å²) in [6.45, 7) is 0. The lowest BCUT2D eigenvalue weighted by Gasteiger charge is -2.06. The van der Waals surface area contributed by atoms with Gasteiger partial charge in [-0.25, -0.2) is 13.5 Å². The Hall–Kier alpha value is -3.01. The van der Waals surface area contributed by atoms with Crippen LogP contribution in [0.4, 0.5) is 14.5 Å². The number of hydrogen-bond donors (Lipinski definition) is 2. The summed E-state index contributed by atoms with van der Waals surface area (Å²) in [6.07, 6.45) is 3.19. The summed E-state index contributed by atoms with van der Waals surface area (Å²) in [5, 5.41) is 10.5. The lowest BCUT2D eigenvalue weighted by atomic mass is 10.2. The smallest absolute Gasteiger partial charge is 0.234 e. The van der Waals surface area contributed by atoms with Crippen molar-refractivity contribution < 1.29 is 13.6 Å². The highest BCUT2D eigenvalue weighted by Crippen LogP contribution is 2.21. The minimum Gasteiger partial charge on any atom is -0.335 e. The third kappa shape index (κ3) is 3.91. The molecule has 0 saturated heterocycles. The number of hydrogen-bond acceptors (Lipinski definition) is 6. The van der Waals surface area contributed by atoms with Crippen molar-refractivity contribution in [2.45, 2.75) is 5.16 Å². The van der Waals surface area contributed by atoms with Gasteiger partial charge in [-0.2, -0.15) is 0 Å². The first-order valence-electron chi connectivity index (χ1n) is 7.03. The van der Waals surface area contributed by atoms with Gasteiger partial charge < -0.3 is 11.2 Å². The molecule has 0 spiro atoms. The molecule has 128 valence electrons. The van der Waals surface area contributed by atoms with Crippen LogP contribution in [0.3, 0.4) is 0 Å². The highest BCUT2D eigenvalue weighted by Gasteiger charge is 2.14. The standard InChI is InChI=1S/C15H12F2N6OS/c16-10-1-2-11(17)12(7-10)20-13(24)8-25-15-22-21-14(23(15)18)9-3-5-19-6-4-9/h1-7H,8,18H2,(H,20,24). The summed E-state index contributed by atoms with van der Waals surface area (Å²) in [7, 11) is 0. The molecule has 0 saturated carbocycles. The van der Waals surface area contributed by atoms with Gasteiger partial charge in [0.2, 0.25) is 11.1 Å². The third-order valence-electron chi connectivity index (χ3n) is 3.14. The van der Waals surface area contributed by atoms with Crippen molar-refractivity contribution in [3.63, 3.8) is 0 Å². The molecule has 1 amide bonds. The number of aromatic nitrogens is 4. The number of nitrogens with two attached hydrogens (primary N) is 1. The van der Waals surface area contributed by atoms with Crippen LogP contribution in [-0.4, -0.2) is 31.5 Å². The van der Waals surface area contributed by atoms with Gasteiger partial charge in [-0.15, -0.1) is 10.2 Å². The van der Waals surface area contributed by atoms with Crippen LogP contribution in [0.15, 0.2) is 47.9 Å². The number of rotatable bonds is 5. The second-order valence-electron chi connectivity index (χ2n) is 4.87. The maximum absolute atomic E-state index is 13.5. The zero-order chi connectivity index (χ0) is 17.8. The van der Waals surface area contributed by atoms with E-state index in [0.717, 1.165) is 35.5 Å². The number of carbonyl (C=O) groups is 1. The fraction of sp³-hybridized carbons (Fsp3) is 0.0667. The van der Waals surface area contributed by atoms with E-state index in [9.17, 15) is 13.6 Å². The van der Waals surface area contributed by atoms with Gasteiger partial charge in [0.05, 0.1) is 11.4 Å². The molecule has 2 aromatic heterocycles. The van der Waals surface area contributed by atoms with E-state index in [1.165, 1.54) is 4.68 Å². The lowest BCUT2D eigenvalue weighted by Crippen LogP contribution is -2.17. The van der Waals surface area contributed by atoms with Gasteiger partial charge in [-0.3, -0.25) is 9.78 Å². The van der Waals surface area contributed by atoms with E-state index in [0.29, 0.717) is 11.0 Å². The van der Waals surface area contributed by atoms with E-state index in [4.69, 9.17) is 5.84 Å². The summed E-state index contributed by atoms with van der Waals surface area (Å²) in [5.74, 6) is 4.36. The van der Waals surface area contributed by atoms with Crippen LogP contribution in [0.25, 0.3) is 11.4 Å². The average molecular weight is 362 g/mol. The molecule has 25 heavy (non-hydrogen) atoms. The molecule has 3 rings (SSSR count). The van der Waals surface area contributed by atoms with Crippen molar-refractivity contribution in [2.24, 2.45) is 0 Å². The number of benzene rings is 1. The van der Waals surface area contributed by atoms with Crippen molar-refractivity contribution in [3.05, 3.63) is 54.4 Å². The Bertz CT molecular complexity index is 902. The van der Waals surface area contributed by atoms with Gasteiger partial charge in [0.25, 0.3) is 0 Å². The Kier molecular flexibility index (Phi) is 4.89. The summed E-state index contributed by atoms with van der Waals surface area (Å²) >= 11 is 1.02. The van der Waals surface area contributed by atoms with Crippen LogP contribution in [-0.2, 0) is 4.79 Å². The Morgan fingerprint density at radius 2 is 1.96 bits per heavy atom. The molecule has 0 unspecified atom stereocenters. The molecular weight excluding hydrogens is 350 g/mol. The molecule has 3 aromatic rings. The Balaban J connectivity index is 1.65. The topological polar surface area (TPSA) is 98.7 Å². The number of halogens is 2. The van der Waals surface area contributed by atoms with Crippen LogP contribution in [0.2, 0.25) is 0 Å². The molecule has 10 heteroatoms. The van der Waals surface area contributed by atoms with E-state index in [-0.39, 0.29) is 11.4 Å². The molecule has 0 bridgehead atoms. The Labute approximate surface area is 145 Å². The molecule has 7 nitrogen and oxygen atoms in total. The molecule has 0 aliphatic heterocycles. The normalized spacial score (nSPS) is 10.6. The number of nitrogen functional groups attached to an aromatic ring is 1. The molecule has 0 fully saturated rings. The van der Waals surface area contributed by atoms with E-state index in [2.05, 4.69) is 20.5 Å². The van der Waals surface area contributed by atoms with Crippen molar-refractivity contribution in [1.82, 2.24) is 19.9 Å². The van der Waals surface area contributed by atoms with Crippen molar-refractivity contribution >= 4 is 23.4 Å². The van der Waals surface area contributed by atoms with Crippen LogP contribution >= 0.6 is 11.8 Å². The zero-order valence-electron chi connectivity index (χ0n) is 12.7. The second kappa shape index (κ2) is 7.26. The van der Waals surface area contributed by atoms with Crippen LogP contribution in [0.1, 0.15) is 0 Å². The quantitative estimate of drug-likeness (QED) is 0.532. The van der Waals surface area contributed by atoms with Gasteiger partial charge in [-0.1, -0.05) is 11.8 Å². The van der Waals surface area contributed by atoms with Crippen LogP contribution in [0.5, 0.6) is 0 Å². The summed E-state index contributed by atoms with van der Waals surface area (Å²) in [6, 6.07) is 6.26. The van der Waals surface area contributed by atoms with E-state index in [1.807, 2.05) is 0 Å². The Morgan fingerprint density at radius 3 is 2.72 bits per heavy atom. The fourth-order valence-corrected chi connectivity index (χ4v) is 2.64. The van der Waals surface area contributed by atoms with Crippen molar-refractivity contribution in [3.8, 4) is 11.4 Å². The molecule has 1 aromatic carbocycles. The SMILES string of the molecule is Nn1c(SCC(=O)Nc2cc(F)ccc2F)nnc1-c1ccncc1. The number of carbonyl (C=O) groups excluding carboxylic acids is 1. The molecule has 0 aliphatic carbocycles. The van der Waals surface area contributed by atoms with E-state index >= 15 is 0 Å². The first-order chi connectivity index (χ1) is 12.0. The monoisotopic (exact) mass is 362 g/mol. The maximum Gasteiger partial charge on any atom is 0.234 e. The number of nitrogens with one attached hydrogen (secondary N) is 1. The average Bonchev–Trinajstić information content (AvgIpc) is 2.98. The third-order valence-corrected chi connectivity index (χ3v) is 4.08.